The van der Waals surface area contributed by atoms with Gasteiger partial charge in [-0.2, -0.15) is 8.42 Å². The van der Waals surface area contributed by atoms with E-state index < -0.39 is 35.0 Å². The van der Waals surface area contributed by atoms with Crippen molar-refractivity contribution in [1.29, 1.82) is 0 Å². The maximum Gasteiger partial charge on any atom is 0.407 e. The fourth-order valence-corrected chi connectivity index (χ4v) is 2.79. The number of nitrogens with one attached hydrogen (secondary N) is 1. The van der Waals surface area contributed by atoms with Gasteiger partial charge in [-0.05, 0) is 12.0 Å². The number of ether oxygens (including phenoxy) is 2. The third kappa shape index (κ3) is 7.39. The zero-order valence-electron chi connectivity index (χ0n) is 14.0. The molecule has 1 heterocycles. The van der Waals surface area contributed by atoms with Crippen molar-refractivity contribution in [2.75, 3.05) is 26.1 Å². The van der Waals surface area contributed by atoms with E-state index in [1.807, 2.05) is 30.3 Å². The molecular weight excluding hydrogens is 350 g/mol. The number of carbonyl (C=O) groups is 1. The van der Waals surface area contributed by atoms with Crippen molar-refractivity contribution >= 4 is 16.2 Å². The Kier molecular flexibility index (Phi) is 7.18. The predicted octanol–water partition coefficient (Wildman–Crippen LogP) is 0.450. The summed E-state index contributed by atoms with van der Waals surface area (Å²) in [5.74, 6) is 0. The topological polar surface area (TPSA) is 111 Å². The molecule has 25 heavy (non-hydrogen) atoms. The Hall–Kier alpha value is -1.68. The fourth-order valence-electron chi connectivity index (χ4n) is 2.40. The van der Waals surface area contributed by atoms with Crippen LogP contribution in [0, 0.1) is 0 Å². The number of hydrogen-bond donors (Lipinski definition) is 2. The van der Waals surface area contributed by atoms with Gasteiger partial charge in [0.05, 0.1) is 38.2 Å². The van der Waals surface area contributed by atoms with Gasteiger partial charge in [-0.15, -0.1) is 0 Å². The van der Waals surface area contributed by atoms with E-state index in [1.165, 1.54) is 0 Å². The summed E-state index contributed by atoms with van der Waals surface area (Å²) in [6.07, 6.45) is -0.408. The third-order valence-electron chi connectivity index (χ3n) is 3.68. The summed E-state index contributed by atoms with van der Waals surface area (Å²) in [7, 11) is -3.69. The van der Waals surface area contributed by atoms with E-state index in [4.69, 9.17) is 9.47 Å². The first-order valence-electron chi connectivity index (χ1n) is 7.95. The van der Waals surface area contributed by atoms with E-state index in [1.54, 1.807) is 0 Å². The molecule has 2 rings (SSSR count). The van der Waals surface area contributed by atoms with E-state index in [0.717, 1.165) is 11.8 Å². The summed E-state index contributed by atoms with van der Waals surface area (Å²) in [5.41, 5.74) is 0.871. The molecule has 0 saturated carbocycles. The second kappa shape index (κ2) is 9.14. The molecule has 1 saturated heterocycles. The normalized spacial score (nSPS) is 20.0. The number of aliphatic hydroxyl groups excluding tert-OH is 1. The van der Waals surface area contributed by atoms with Crippen molar-refractivity contribution < 1.29 is 32.0 Å². The second-order valence-electron chi connectivity index (χ2n) is 5.89. The van der Waals surface area contributed by atoms with E-state index in [9.17, 15) is 18.3 Å². The maximum absolute atomic E-state index is 12.0. The van der Waals surface area contributed by atoms with Crippen molar-refractivity contribution in [2.24, 2.45) is 0 Å². The van der Waals surface area contributed by atoms with Crippen LogP contribution in [0.5, 0.6) is 0 Å². The summed E-state index contributed by atoms with van der Waals surface area (Å²) in [4.78, 5) is 12.0. The lowest BCUT2D eigenvalue weighted by molar-refractivity contribution is 0.0551. The molecule has 1 fully saturated rings. The average molecular weight is 373 g/mol. The molecule has 0 aliphatic carbocycles. The van der Waals surface area contributed by atoms with Gasteiger partial charge in [-0.1, -0.05) is 30.3 Å². The van der Waals surface area contributed by atoms with Gasteiger partial charge in [0.1, 0.15) is 6.10 Å². The monoisotopic (exact) mass is 373 g/mol. The van der Waals surface area contributed by atoms with Crippen LogP contribution in [0.1, 0.15) is 12.0 Å². The summed E-state index contributed by atoms with van der Waals surface area (Å²) >= 11 is 0. The van der Waals surface area contributed by atoms with Gasteiger partial charge in [0.25, 0.3) is 10.1 Å². The predicted molar refractivity (Wildman–Crippen MR) is 89.6 cm³/mol. The molecule has 140 valence electrons. The highest BCUT2D eigenvalue weighted by molar-refractivity contribution is 7.85. The molecule has 1 amide bonds. The molecule has 0 unspecified atom stereocenters. The largest absolute Gasteiger partial charge is 0.444 e. The number of hydrogen-bond acceptors (Lipinski definition) is 7. The van der Waals surface area contributed by atoms with E-state index in [-0.39, 0.29) is 6.10 Å². The molecule has 1 aromatic carbocycles. The number of carbonyl (C=O) groups excluding carboxylic acids is 1. The highest BCUT2D eigenvalue weighted by atomic mass is 32.2. The van der Waals surface area contributed by atoms with Crippen LogP contribution in [0.25, 0.3) is 0 Å². The Morgan fingerprint density at radius 3 is 2.72 bits per heavy atom. The highest BCUT2D eigenvalue weighted by Gasteiger charge is 2.26. The third-order valence-corrected chi connectivity index (χ3v) is 4.24. The second-order valence-corrected chi connectivity index (χ2v) is 7.53. The first-order chi connectivity index (χ1) is 11.8. The highest BCUT2D eigenvalue weighted by Crippen LogP contribution is 2.11. The van der Waals surface area contributed by atoms with Crippen LogP contribution in [0.4, 0.5) is 4.79 Å². The van der Waals surface area contributed by atoms with Crippen LogP contribution in [0.15, 0.2) is 30.3 Å². The first kappa shape index (κ1) is 19.6. The van der Waals surface area contributed by atoms with Gasteiger partial charge in [0.15, 0.2) is 0 Å². The molecule has 8 nitrogen and oxygen atoms in total. The molecular formula is C16H23NO7S. The summed E-state index contributed by atoms with van der Waals surface area (Å²) < 4.78 is 37.2. The Morgan fingerprint density at radius 2 is 2.12 bits per heavy atom. The Morgan fingerprint density at radius 1 is 1.40 bits per heavy atom. The van der Waals surface area contributed by atoms with Gasteiger partial charge in [0.2, 0.25) is 0 Å². The molecule has 9 heteroatoms. The molecule has 1 aliphatic rings. The SMILES string of the molecule is CS(=O)(=O)OC[C@@H](O)[C@H](Cc1ccccc1)NC(=O)O[C@H]1CCOC1. The van der Waals surface area contributed by atoms with Gasteiger partial charge in [-0.3, -0.25) is 4.18 Å². The summed E-state index contributed by atoms with van der Waals surface area (Å²) in [6, 6.07) is 8.44. The van der Waals surface area contributed by atoms with Crippen LogP contribution in [0.2, 0.25) is 0 Å². The van der Waals surface area contributed by atoms with Crippen LogP contribution in [-0.4, -0.2) is 63.9 Å². The molecule has 1 aromatic rings. The lowest BCUT2D eigenvalue weighted by Crippen LogP contribution is -2.47. The molecule has 0 radical (unpaired) electrons. The lowest BCUT2D eigenvalue weighted by Gasteiger charge is -2.24. The lowest BCUT2D eigenvalue weighted by atomic mass is 10.0. The van der Waals surface area contributed by atoms with Crippen LogP contribution < -0.4 is 5.32 Å². The number of rotatable bonds is 8. The van der Waals surface area contributed by atoms with Crippen LogP contribution >= 0.6 is 0 Å². The van der Waals surface area contributed by atoms with Crippen molar-refractivity contribution in [3.63, 3.8) is 0 Å². The Balaban J connectivity index is 1.98. The van der Waals surface area contributed by atoms with E-state index in [2.05, 4.69) is 9.50 Å². The van der Waals surface area contributed by atoms with Crippen molar-refractivity contribution in [3.8, 4) is 0 Å². The summed E-state index contributed by atoms with van der Waals surface area (Å²) in [6.45, 7) is 0.426. The van der Waals surface area contributed by atoms with Crippen LogP contribution in [0.3, 0.4) is 0 Å². The smallest absolute Gasteiger partial charge is 0.407 e. The van der Waals surface area contributed by atoms with Crippen LogP contribution in [-0.2, 0) is 30.2 Å². The Labute approximate surface area is 147 Å². The molecule has 1 aliphatic heterocycles. The molecule has 2 N–H and O–H groups in total. The molecule has 0 spiro atoms. The average Bonchev–Trinajstić information content (AvgIpc) is 3.05. The van der Waals surface area contributed by atoms with E-state index in [0.29, 0.717) is 26.1 Å². The standard InChI is InChI=1S/C16H23NO7S/c1-25(20,21)23-11-15(18)14(9-12-5-3-2-4-6-12)17-16(19)24-13-7-8-22-10-13/h2-6,13-15,18H,7-11H2,1H3,(H,17,19)/t13-,14-,15+/m0/s1. The van der Waals surface area contributed by atoms with Crippen molar-refractivity contribution in [2.45, 2.75) is 31.1 Å². The molecule has 0 aromatic heterocycles. The molecule has 3 atom stereocenters. The zero-order chi connectivity index (χ0) is 18.3. The quantitative estimate of drug-likeness (QED) is 0.637. The minimum Gasteiger partial charge on any atom is -0.444 e. The van der Waals surface area contributed by atoms with Gasteiger partial charge >= 0.3 is 6.09 Å². The number of amides is 1. The summed E-state index contributed by atoms with van der Waals surface area (Å²) in [5, 5.41) is 12.8. The zero-order valence-corrected chi connectivity index (χ0v) is 14.8. The fraction of sp³-hybridized carbons (Fsp3) is 0.562. The van der Waals surface area contributed by atoms with Crippen molar-refractivity contribution in [1.82, 2.24) is 5.32 Å². The van der Waals surface area contributed by atoms with E-state index >= 15 is 0 Å². The minimum absolute atomic E-state index is 0.297. The maximum atomic E-state index is 12.0. The first-order valence-corrected chi connectivity index (χ1v) is 9.76. The molecule has 0 bridgehead atoms. The number of aliphatic hydroxyl groups is 1. The Bertz CT molecular complexity index is 644. The minimum atomic E-state index is -3.69. The van der Waals surface area contributed by atoms with Gasteiger partial charge in [-0.25, -0.2) is 4.79 Å². The van der Waals surface area contributed by atoms with Gasteiger partial charge in [0, 0.05) is 6.42 Å². The van der Waals surface area contributed by atoms with Gasteiger partial charge < -0.3 is 19.9 Å². The number of benzene rings is 1. The number of alkyl carbamates (subject to hydrolysis) is 1. The van der Waals surface area contributed by atoms with Crippen molar-refractivity contribution in [3.05, 3.63) is 35.9 Å².